The number of benzene rings is 5. The lowest BCUT2D eigenvalue weighted by atomic mass is 10.1. The maximum atomic E-state index is 12.7. The molecule has 14 nitrogen and oxygen atoms in total. The van der Waals surface area contributed by atoms with Gasteiger partial charge in [-0.15, -0.1) is 0 Å². The fourth-order valence-electron chi connectivity index (χ4n) is 4.29. The van der Waals surface area contributed by atoms with Crippen LogP contribution in [0.5, 0.6) is 11.5 Å². The first-order valence-corrected chi connectivity index (χ1v) is 13.9. The second kappa shape index (κ2) is 14.3. The Hall–Kier alpha value is -7.22. The van der Waals surface area contributed by atoms with Gasteiger partial charge in [-0.2, -0.15) is 0 Å². The summed E-state index contributed by atoms with van der Waals surface area (Å²) in [6, 6.07) is 28.0. The zero-order chi connectivity index (χ0) is 34.2. The predicted molar refractivity (Wildman–Crippen MR) is 171 cm³/mol. The molecule has 0 heterocycles. The van der Waals surface area contributed by atoms with E-state index in [1.807, 2.05) is 0 Å². The number of esters is 2. The largest absolute Gasteiger partial charge is 0.423 e. The van der Waals surface area contributed by atoms with Crippen molar-refractivity contribution in [2.24, 2.45) is 0 Å². The van der Waals surface area contributed by atoms with Gasteiger partial charge in [-0.3, -0.25) is 29.8 Å². The predicted octanol–water partition coefficient (Wildman–Crippen LogP) is 6.45. The smallest absolute Gasteiger partial charge is 0.343 e. The molecule has 2 N–H and O–H groups in total. The van der Waals surface area contributed by atoms with Crippen molar-refractivity contribution >= 4 is 46.5 Å². The molecule has 5 rings (SSSR count). The number of nitro groups is 2. The van der Waals surface area contributed by atoms with Crippen molar-refractivity contribution in [3.63, 3.8) is 0 Å². The molecule has 0 aliphatic rings. The Labute approximate surface area is 270 Å². The number of anilines is 2. The summed E-state index contributed by atoms with van der Waals surface area (Å²) in [5.74, 6) is -2.40. The third-order valence-corrected chi connectivity index (χ3v) is 6.71. The van der Waals surface area contributed by atoms with Crippen LogP contribution in [0.1, 0.15) is 41.4 Å². The van der Waals surface area contributed by atoms with E-state index < -0.39 is 33.6 Å². The third kappa shape index (κ3) is 7.70. The lowest BCUT2D eigenvalue weighted by Crippen LogP contribution is -2.14. The zero-order valence-corrected chi connectivity index (χ0v) is 24.5. The van der Waals surface area contributed by atoms with Crippen LogP contribution in [0.3, 0.4) is 0 Å². The van der Waals surface area contributed by atoms with Gasteiger partial charge in [-0.1, -0.05) is 24.3 Å². The highest BCUT2D eigenvalue weighted by Gasteiger charge is 2.18. The van der Waals surface area contributed by atoms with Crippen LogP contribution in [0.4, 0.5) is 22.7 Å². The Morgan fingerprint density at radius 3 is 1.10 bits per heavy atom. The van der Waals surface area contributed by atoms with Gasteiger partial charge in [0.05, 0.1) is 21.0 Å². The maximum absolute atomic E-state index is 12.7. The summed E-state index contributed by atoms with van der Waals surface area (Å²) in [6.45, 7) is 0. The van der Waals surface area contributed by atoms with Gasteiger partial charge in [-0.25, -0.2) is 9.59 Å². The molecule has 0 atom stereocenters. The summed E-state index contributed by atoms with van der Waals surface area (Å²) in [5.41, 5.74) is 0.153. The van der Waals surface area contributed by atoms with Crippen molar-refractivity contribution in [2.45, 2.75) is 0 Å². The number of hydrogen-bond acceptors (Lipinski definition) is 10. The molecule has 14 heteroatoms. The molecule has 0 bridgehead atoms. The number of hydrogen-bond donors (Lipinski definition) is 2. The maximum Gasteiger partial charge on any atom is 0.343 e. The summed E-state index contributed by atoms with van der Waals surface area (Å²) in [6.07, 6.45) is 0. The lowest BCUT2D eigenvalue weighted by molar-refractivity contribution is -0.384. The van der Waals surface area contributed by atoms with E-state index >= 15 is 0 Å². The van der Waals surface area contributed by atoms with Crippen LogP contribution < -0.4 is 20.1 Å². The molecule has 0 saturated heterocycles. The van der Waals surface area contributed by atoms with Gasteiger partial charge in [0.25, 0.3) is 23.2 Å². The SMILES string of the molecule is O=C(Nc1ccccc1[N+](=O)[O-])c1ccc(OC(=O)c2ccc(C(=O)Oc3ccc(C(=O)Nc4ccccc4[N+](=O)[O-])cc3)cc2)cc1. The average molecular weight is 647 g/mol. The fourth-order valence-corrected chi connectivity index (χ4v) is 4.29. The van der Waals surface area contributed by atoms with Crippen LogP contribution in [0.25, 0.3) is 0 Å². The standard InChI is InChI=1S/C34H22N4O10/c39-31(35-27-5-1-3-7-29(27)37(43)44)21-13-17-25(18-14-21)47-33(41)23-9-11-24(12-10-23)34(42)48-26-19-15-22(16-20-26)32(40)36-28-6-2-4-8-30(28)38(45)46/h1-20H,(H,35,39)(H,36,40). The summed E-state index contributed by atoms with van der Waals surface area (Å²) >= 11 is 0. The molecule has 5 aromatic rings. The van der Waals surface area contributed by atoms with Gasteiger partial charge < -0.3 is 20.1 Å². The summed E-state index contributed by atoms with van der Waals surface area (Å²) in [7, 11) is 0. The number of amides is 2. The molecule has 0 saturated carbocycles. The quantitative estimate of drug-likeness (QED) is 0.0736. The van der Waals surface area contributed by atoms with E-state index in [0.717, 1.165) is 0 Å². The first-order valence-electron chi connectivity index (χ1n) is 13.9. The van der Waals surface area contributed by atoms with Crippen LogP contribution in [0, 0.1) is 20.2 Å². The first kappa shape index (κ1) is 32.2. The van der Waals surface area contributed by atoms with Crippen molar-refractivity contribution in [1.82, 2.24) is 0 Å². The molecule has 238 valence electrons. The number of carbonyl (C=O) groups is 4. The highest BCUT2D eigenvalue weighted by Crippen LogP contribution is 2.26. The minimum absolute atomic E-state index is 0.0356. The Bertz CT molecular complexity index is 1900. The molecular weight excluding hydrogens is 624 g/mol. The Morgan fingerprint density at radius 2 is 0.771 bits per heavy atom. The van der Waals surface area contributed by atoms with Crippen molar-refractivity contribution in [2.75, 3.05) is 10.6 Å². The molecule has 0 aliphatic heterocycles. The number of nitro benzene ring substituents is 2. The number of nitrogens with one attached hydrogen (secondary N) is 2. The second-order valence-electron chi connectivity index (χ2n) is 9.86. The van der Waals surface area contributed by atoms with Gasteiger partial charge in [0.2, 0.25) is 0 Å². The molecule has 0 unspecified atom stereocenters. The molecule has 5 aromatic carbocycles. The Balaban J connectivity index is 1.14. The van der Waals surface area contributed by atoms with E-state index in [2.05, 4.69) is 10.6 Å². The molecule has 0 fully saturated rings. The van der Waals surface area contributed by atoms with Gasteiger partial charge in [0, 0.05) is 23.3 Å². The number of nitrogens with zero attached hydrogens (tertiary/aromatic N) is 2. The number of carbonyl (C=O) groups excluding carboxylic acids is 4. The fraction of sp³-hybridized carbons (Fsp3) is 0. The molecule has 0 radical (unpaired) electrons. The molecule has 0 spiro atoms. The summed E-state index contributed by atoms with van der Waals surface area (Å²) < 4.78 is 10.7. The van der Waals surface area contributed by atoms with Crippen molar-refractivity contribution in [3.8, 4) is 11.5 Å². The third-order valence-electron chi connectivity index (χ3n) is 6.71. The van der Waals surface area contributed by atoms with Crippen LogP contribution >= 0.6 is 0 Å². The van der Waals surface area contributed by atoms with Gasteiger partial charge >= 0.3 is 11.9 Å². The molecule has 2 amide bonds. The van der Waals surface area contributed by atoms with Crippen LogP contribution in [0.15, 0.2) is 121 Å². The molecule has 0 aromatic heterocycles. The van der Waals surface area contributed by atoms with E-state index in [4.69, 9.17) is 9.47 Å². The van der Waals surface area contributed by atoms with Gasteiger partial charge in [0.1, 0.15) is 22.9 Å². The second-order valence-corrected chi connectivity index (χ2v) is 9.86. The number of rotatable bonds is 10. The van der Waals surface area contributed by atoms with E-state index in [1.165, 1.54) is 109 Å². The molecular formula is C34H22N4O10. The van der Waals surface area contributed by atoms with Crippen molar-refractivity contribution in [3.05, 3.63) is 164 Å². The number of ether oxygens (including phenoxy) is 2. The van der Waals surface area contributed by atoms with Crippen LogP contribution in [0.2, 0.25) is 0 Å². The molecule has 48 heavy (non-hydrogen) atoms. The molecule has 0 aliphatic carbocycles. The monoisotopic (exact) mass is 646 g/mol. The van der Waals surface area contributed by atoms with Gasteiger partial charge in [0.15, 0.2) is 0 Å². The highest BCUT2D eigenvalue weighted by atomic mass is 16.6. The first-order chi connectivity index (χ1) is 23.1. The topological polar surface area (TPSA) is 197 Å². The van der Waals surface area contributed by atoms with E-state index in [9.17, 15) is 39.4 Å². The normalized spacial score (nSPS) is 10.3. The Morgan fingerprint density at radius 1 is 0.458 bits per heavy atom. The van der Waals surface area contributed by atoms with Crippen LogP contribution in [-0.4, -0.2) is 33.6 Å². The van der Waals surface area contributed by atoms with Crippen molar-refractivity contribution < 1.29 is 38.5 Å². The highest BCUT2D eigenvalue weighted by molar-refractivity contribution is 6.06. The van der Waals surface area contributed by atoms with Crippen molar-refractivity contribution in [1.29, 1.82) is 0 Å². The average Bonchev–Trinajstić information content (AvgIpc) is 3.09. The van der Waals surface area contributed by atoms with E-state index in [1.54, 1.807) is 12.1 Å². The van der Waals surface area contributed by atoms with E-state index in [0.29, 0.717) is 0 Å². The zero-order valence-electron chi connectivity index (χ0n) is 24.5. The number of para-hydroxylation sites is 4. The minimum atomic E-state index is -0.735. The van der Waals surface area contributed by atoms with Crippen LogP contribution in [-0.2, 0) is 0 Å². The minimum Gasteiger partial charge on any atom is -0.423 e. The Kier molecular flexibility index (Phi) is 9.56. The van der Waals surface area contributed by atoms with E-state index in [-0.39, 0.29) is 56.5 Å². The lowest BCUT2D eigenvalue weighted by Gasteiger charge is -2.09. The summed E-state index contributed by atoms with van der Waals surface area (Å²) in [5, 5.41) is 27.3. The van der Waals surface area contributed by atoms with Gasteiger partial charge in [-0.05, 0) is 84.9 Å². The summed E-state index contributed by atoms with van der Waals surface area (Å²) in [4.78, 5) is 71.6.